The average Bonchev–Trinajstić information content (AvgIpc) is 2.81. The minimum absolute atomic E-state index is 0.0461. The van der Waals surface area contributed by atoms with Crippen molar-refractivity contribution in [2.45, 2.75) is 38.3 Å². The van der Waals surface area contributed by atoms with Crippen LogP contribution >= 0.6 is 0 Å². The molecular formula is C24H23FN4O2. The fourth-order valence-electron chi connectivity index (χ4n) is 4.65. The van der Waals surface area contributed by atoms with Crippen molar-refractivity contribution in [1.82, 2.24) is 19.9 Å². The van der Waals surface area contributed by atoms with Gasteiger partial charge in [-0.2, -0.15) is 0 Å². The molecule has 0 radical (unpaired) electrons. The number of amides is 1. The number of aryl methyl sites for hydroxylation is 1. The third kappa shape index (κ3) is 3.87. The highest BCUT2D eigenvalue weighted by atomic mass is 19.1. The zero-order chi connectivity index (χ0) is 21.4. The van der Waals surface area contributed by atoms with E-state index in [0.29, 0.717) is 35.3 Å². The van der Waals surface area contributed by atoms with Crippen molar-refractivity contribution in [3.63, 3.8) is 0 Å². The number of hydrogen-bond donors (Lipinski definition) is 0. The van der Waals surface area contributed by atoms with Crippen molar-refractivity contribution in [2.75, 3.05) is 6.54 Å². The van der Waals surface area contributed by atoms with Crippen LogP contribution in [0.2, 0.25) is 0 Å². The van der Waals surface area contributed by atoms with Crippen LogP contribution in [0.4, 0.5) is 4.39 Å². The second kappa shape index (κ2) is 8.06. The van der Waals surface area contributed by atoms with E-state index in [-0.39, 0.29) is 18.1 Å². The molecule has 0 N–H and O–H groups in total. The third-order valence-electron chi connectivity index (χ3n) is 6.16. The summed E-state index contributed by atoms with van der Waals surface area (Å²) in [5.41, 5.74) is 1.89. The molecule has 4 heterocycles. The van der Waals surface area contributed by atoms with E-state index in [1.54, 1.807) is 24.7 Å². The number of rotatable bonds is 4. The number of carbonyl (C=O) groups excluding carboxylic acids is 1. The maximum atomic E-state index is 14.0. The molecule has 6 rings (SSSR count). The average molecular weight is 418 g/mol. The summed E-state index contributed by atoms with van der Waals surface area (Å²) in [6.07, 6.45) is 7.71. The van der Waals surface area contributed by atoms with Crippen molar-refractivity contribution >= 4 is 5.91 Å². The van der Waals surface area contributed by atoms with E-state index in [1.165, 1.54) is 18.2 Å². The minimum Gasteiger partial charge on any atom is -0.472 e. The van der Waals surface area contributed by atoms with Gasteiger partial charge in [0, 0.05) is 36.8 Å². The lowest BCUT2D eigenvalue weighted by Crippen LogP contribution is -2.59. The van der Waals surface area contributed by atoms with Crippen LogP contribution in [0.1, 0.15) is 35.2 Å². The summed E-state index contributed by atoms with van der Waals surface area (Å²) in [4.78, 5) is 28.3. The van der Waals surface area contributed by atoms with Gasteiger partial charge >= 0.3 is 0 Å². The van der Waals surface area contributed by atoms with Gasteiger partial charge in [0.1, 0.15) is 11.9 Å². The van der Waals surface area contributed by atoms with Crippen molar-refractivity contribution in [2.24, 2.45) is 5.92 Å². The highest BCUT2D eigenvalue weighted by Crippen LogP contribution is 2.38. The van der Waals surface area contributed by atoms with E-state index in [1.807, 2.05) is 24.0 Å². The predicted octanol–water partition coefficient (Wildman–Crippen LogP) is 4.06. The van der Waals surface area contributed by atoms with Gasteiger partial charge in [0.2, 0.25) is 5.88 Å². The van der Waals surface area contributed by atoms with Gasteiger partial charge < -0.3 is 9.64 Å². The van der Waals surface area contributed by atoms with Gasteiger partial charge in [-0.05, 0) is 61.9 Å². The highest BCUT2D eigenvalue weighted by molar-refractivity contribution is 6.00. The van der Waals surface area contributed by atoms with E-state index in [0.717, 1.165) is 24.8 Å². The Hall–Kier alpha value is -3.35. The van der Waals surface area contributed by atoms with Crippen molar-refractivity contribution in [1.29, 1.82) is 0 Å². The van der Waals surface area contributed by atoms with Crippen LogP contribution in [-0.4, -0.2) is 44.4 Å². The first-order valence-corrected chi connectivity index (χ1v) is 10.6. The van der Waals surface area contributed by atoms with Crippen LogP contribution in [0.15, 0.2) is 55.0 Å². The normalized spacial score (nSPS) is 22.4. The maximum absolute atomic E-state index is 14.0. The van der Waals surface area contributed by atoms with Crippen LogP contribution in [-0.2, 0) is 0 Å². The van der Waals surface area contributed by atoms with Crippen LogP contribution < -0.4 is 4.74 Å². The molecule has 2 saturated heterocycles. The van der Waals surface area contributed by atoms with Crippen molar-refractivity contribution < 1.29 is 13.9 Å². The zero-order valence-corrected chi connectivity index (χ0v) is 17.2. The van der Waals surface area contributed by atoms with Gasteiger partial charge in [-0.1, -0.05) is 6.07 Å². The summed E-state index contributed by atoms with van der Waals surface area (Å²) >= 11 is 0. The summed E-state index contributed by atoms with van der Waals surface area (Å²) < 4.78 is 20.2. The van der Waals surface area contributed by atoms with Gasteiger partial charge in [-0.25, -0.2) is 19.3 Å². The number of fused-ring (bicyclic) bond motifs is 3. The van der Waals surface area contributed by atoms with E-state index in [4.69, 9.17) is 4.74 Å². The lowest BCUT2D eigenvalue weighted by Gasteiger charge is -2.49. The molecule has 3 fully saturated rings. The standard InChI is InChI=1S/C24H23FN4O2/c1-15-3-8-22(28-13-15)31-21-11-16-4-7-20(21)29(14-16)24(30)18-6-5-17(25)12-19(18)23-26-9-2-10-27-23/h2-3,5-6,8-10,12-13,16,20-21H,4,7,11,14H2,1H3/t16-,20-,21+/m0/s1. The number of ether oxygens (including phenoxy) is 1. The van der Waals surface area contributed by atoms with Gasteiger partial charge in [0.15, 0.2) is 5.82 Å². The van der Waals surface area contributed by atoms with Gasteiger partial charge in [-0.3, -0.25) is 4.79 Å². The number of benzene rings is 1. The topological polar surface area (TPSA) is 68.2 Å². The van der Waals surface area contributed by atoms with Gasteiger partial charge in [-0.15, -0.1) is 0 Å². The quantitative estimate of drug-likeness (QED) is 0.639. The summed E-state index contributed by atoms with van der Waals surface area (Å²) in [5, 5.41) is 0. The fraction of sp³-hybridized carbons (Fsp3) is 0.333. The Morgan fingerprint density at radius 2 is 1.97 bits per heavy atom. The Balaban J connectivity index is 1.44. The molecule has 3 aliphatic rings. The molecule has 2 bridgehead atoms. The van der Waals surface area contributed by atoms with Gasteiger partial charge in [0.05, 0.1) is 11.6 Å². The van der Waals surface area contributed by atoms with E-state index >= 15 is 0 Å². The molecule has 0 unspecified atom stereocenters. The molecule has 31 heavy (non-hydrogen) atoms. The summed E-state index contributed by atoms with van der Waals surface area (Å²) in [7, 11) is 0. The molecule has 3 atom stereocenters. The number of halogens is 1. The molecule has 2 aliphatic heterocycles. The molecule has 2 aromatic heterocycles. The fourth-order valence-corrected chi connectivity index (χ4v) is 4.65. The largest absolute Gasteiger partial charge is 0.472 e. The molecule has 6 nitrogen and oxygen atoms in total. The predicted molar refractivity (Wildman–Crippen MR) is 113 cm³/mol. The number of piperidine rings is 2. The SMILES string of the molecule is Cc1ccc(O[C@@H]2C[C@@H]3CC[C@@H]2N(C(=O)c2ccc(F)cc2-c2ncccn2)C3)nc1. The van der Waals surface area contributed by atoms with Gasteiger partial charge in [0.25, 0.3) is 5.91 Å². The van der Waals surface area contributed by atoms with E-state index in [2.05, 4.69) is 15.0 Å². The molecule has 1 amide bonds. The number of hydrogen-bond acceptors (Lipinski definition) is 5. The Labute approximate surface area is 180 Å². The van der Waals surface area contributed by atoms with Crippen LogP contribution in [0.25, 0.3) is 11.4 Å². The second-order valence-electron chi connectivity index (χ2n) is 8.30. The molecule has 0 spiro atoms. The Morgan fingerprint density at radius 1 is 1.13 bits per heavy atom. The summed E-state index contributed by atoms with van der Waals surface area (Å²) in [5.74, 6) is 0.731. The molecular weight excluding hydrogens is 395 g/mol. The molecule has 158 valence electrons. The molecule has 7 heteroatoms. The first-order valence-electron chi connectivity index (χ1n) is 10.6. The maximum Gasteiger partial charge on any atom is 0.254 e. The number of aromatic nitrogens is 3. The van der Waals surface area contributed by atoms with Crippen LogP contribution in [0, 0.1) is 18.7 Å². The molecule has 1 aliphatic carbocycles. The number of carbonyl (C=O) groups is 1. The summed E-state index contributed by atoms with van der Waals surface area (Å²) in [6.45, 7) is 2.66. The zero-order valence-electron chi connectivity index (χ0n) is 17.2. The Kier molecular flexibility index (Phi) is 5.10. The highest BCUT2D eigenvalue weighted by Gasteiger charge is 2.44. The Bertz CT molecular complexity index is 1090. The first kappa shape index (κ1) is 19.6. The minimum atomic E-state index is -0.425. The van der Waals surface area contributed by atoms with Crippen molar-refractivity contribution in [3.8, 4) is 17.3 Å². The molecule has 1 saturated carbocycles. The second-order valence-corrected chi connectivity index (χ2v) is 8.30. The summed E-state index contributed by atoms with van der Waals surface area (Å²) in [6, 6.07) is 9.65. The first-order chi connectivity index (χ1) is 15.1. The lowest BCUT2D eigenvalue weighted by molar-refractivity contribution is -0.0313. The monoisotopic (exact) mass is 418 g/mol. The van der Waals surface area contributed by atoms with E-state index < -0.39 is 5.82 Å². The number of pyridine rings is 1. The third-order valence-corrected chi connectivity index (χ3v) is 6.16. The lowest BCUT2D eigenvalue weighted by atomic mass is 9.77. The van der Waals surface area contributed by atoms with E-state index in [9.17, 15) is 9.18 Å². The number of nitrogens with zero attached hydrogens (tertiary/aromatic N) is 4. The van der Waals surface area contributed by atoms with Crippen molar-refractivity contribution in [3.05, 3.63) is 71.9 Å². The Morgan fingerprint density at radius 3 is 2.71 bits per heavy atom. The molecule has 3 aromatic rings. The van der Waals surface area contributed by atoms with Crippen LogP contribution in [0.5, 0.6) is 5.88 Å². The molecule has 1 aromatic carbocycles. The van der Waals surface area contributed by atoms with Crippen LogP contribution in [0.3, 0.4) is 0 Å². The smallest absolute Gasteiger partial charge is 0.254 e.